The van der Waals surface area contributed by atoms with Crippen molar-refractivity contribution in [2.75, 3.05) is 6.54 Å². The Balaban J connectivity index is 1.76. The number of carbonyl (C=O) groups is 1. The van der Waals surface area contributed by atoms with Gasteiger partial charge in [-0.2, -0.15) is 0 Å². The van der Waals surface area contributed by atoms with E-state index in [0.717, 1.165) is 30.9 Å². The van der Waals surface area contributed by atoms with E-state index in [2.05, 4.69) is 15.2 Å². The van der Waals surface area contributed by atoms with Crippen molar-refractivity contribution in [2.45, 2.75) is 46.4 Å². The molecular weight excluding hydrogens is 320 g/mol. The Bertz CT molecular complexity index is 780. The van der Waals surface area contributed by atoms with E-state index in [-0.39, 0.29) is 23.9 Å². The molecule has 2 aromatic heterocycles. The minimum Gasteiger partial charge on any atom is -0.472 e. The first-order valence-electron chi connectivity index (χ1n) is 8.63. The third kappa shape index (κ3) is 4.36. The maximum absolute atomic E-state index is 12.4. The van der Waals surface area contributed by atoms with Crippen molar-refractivity contribution in [2.24, 2.45) is 5.92 Å². The lowest BCUT2D eigenvalue weighted by molar-refractivity contribution is -0.124. The molecule has 3 heterocycles. The van der Waals surface area contributed by atoms with Crippen LogP contribution in [-0.2, 0) is 31.0 Å². The van der Waals surface area contributed by atoms with Crippen LogP contribution in [-0.4, -0.2) is 26.9 Å². The van der Waals surface area contributed by atoms with Gasteiger partial charge in [0.05, 0.1) is 31.3 Å². The summed E-state index contributed by atoms with van der Waals surface area (Å²) in [6.45, 7) is 6.88. The average molecular weight is 344 g/mol. The molecule has 7 nitrogen and oxygen atoms in total. The van der Waals surface area contributed by atoms with Crippen molar-refractivity contribution >= 4 is 5.91 Å². The molecule has 2 aromatic rings. The highest BCUT2D eigenvalue weighted by atomic mass is 16.3. The van der Waals surface area contributed by atoms with Crippen LogP contribution >= 0.6 is 0 Å². The molecule has 0 saturated heterocycles. The molecule has 0 atom stereocenters. The number of aromatic nitrogens is 2. The molecule has 0 aromatic carbocycles. The second-order valence-electron chi connectivity index (χ2n) is 6.72. The molecule has 134 valence electrons. The molecule has 7 heteroatoms. The van der Waals surface area contributed by atoms with Gasteiger partial charge in [-0.3, -0.25) is 19.1 Å². The van der Waals surface area contributed by atoms with Crippen LogP contribution in [0.2, 0.25) is 0 Å². The number of nitrogens with one attached hydrogen (secondary N) is 1. The summed E-state index contributed by atoms with van der Waals surface area (Å²) < 4.78 is 6.87. The maximum Gasteiger partial charge on any atom is 0.253 e. The van der Waals surface area contributed by atoms with Crippen LogP contribution in [0.4, 0.5) is 0 Å². The molecule has 0 saturated carbocycles. The van der Waals surface area contributed by atoms with Gasteiger partial charge in [-0.15, -0.1) is 0 Å². The first-order valence-corrected chi connectivity index (χ1v) is 8.63. The van der Waals surface area contributed by atoms with Crippen LogP contribution in [0.25, 0.3) is 0 Å². The van der Waals surface area contributed by atoms with Gasteiger partial charge >= 0.3 is 0 Å². The lowest BCUT2D eigenvalue weighted by atomic mass is 10.2. The third-order valence-corrected chi connectivity index (χ3v) is 4.32. The number of fused-ring (bicyclic) bond motifs is 1. The fraction of sp³-hybridized carbons (Fsp3) is 0.500. The Hall–Kier alpha value is -2.41. The van der Waals surface area contributed by atoms with Gasteiger partial charge < -0.3 is 9.73 Å². The normalized spacial score (nSPS) is 15.0. The zero-order chi connectivity index (χ0) is 17.8. The van der Waals surface area contributed by atoms with E-state index in [1.54, 1.807) is 17.1 Å². The molecule has 1 aliphatic rings. The number of rotatable bonds is 5. The molecular formula is C18H24N4O3. The van der Waals surface area contributed by atoms with Gasteiger partial charge in [-0.25, -0.2) is 4.98 Å². The summed E-state index contributed by atoms with van der Waals surface area (Å²) in [5.41, 5.74) is 1.66. The largest absolute Gasteiger partial charge is 0.472 e. The molecule has 0 fully saturated rings. The van der Waals surface area contributed by atoms with E-state index in [9.17, 15) is 9.59 Å². The smallest absolute Gasteiger partial charge is 0.253 e. The van der Waals surface area contributed by atoms with E-state index in [1.165, 1.54) is 6.07 Å². The average Bonchev–Trinajstić information content (AvgIpc) is 2.98. The van der Waals surface area contributed by atoms with Gasteiger partial charge in [0.1, 0.15) is 5.82 Å². The Morgan fingerprint density at radius 2 is 2.24 bits per heavy atom. The number of hydrogen-bond donors (Lipinski definition) is 1. The molecule has 1 N–H and O–H groups in total. The highest BCUT2D eigenvalue weighted by molar-refractivity contribution is 5.77. The molecule has 25 heavy (non-hydrogen) atoms. The second-order valence-corrected chi connectivity index (χ2v) is 6.72. The Morgan fingerprint density at radius 1 is 1.40 bits per heavy atom. The number of nitrogens with zero attached hydrogens (tertiary/aromatic N) is 3. The van der Waals surface area contributed by atoms with E-state index < -0.39 is 0 Å². The lowest BCUT2D eigenvalue weighted by Gasteiger charge is -2.19. The highest BCUT2D eigenvalue weighted by Gasteiger charge is 2.18. The van der Waals surface area contributed by atoms with Gasteiger partial charge in [-0.1, -0.05) is 13.8 Å². The molecule has 1 amide bonds. The molecule has 1 aliphatic heterocycles. The van der Waals surface area contributed by atoms with Crippen molar-refractivity contribution in [3.63, 3.8) is 0 Å². The summed E-state index contributed by atoms with van der Waals surface area (Å²) in [5, 5.41) is 2.82. The van der Waals surface area contributed by atoms with Crippen LogP contribution in [0.5, 0.6) is 0 Å². The zero-order valence-corrected chi connectivity index (χ0v) is 14.7. The lowest BCUT2D eigenvalue weighted by Crippen LogP contribution is -2.31. The summed E-state index contributed by atoms with van der Waals surface area (Å²) in [6, 6.07) is 3.47. The summed E-state index contributed by atoms with van der Waals surface area (Å²) in [5.74, 6) is 0.619. The molecule has 0 spiro atoms. The Morgan fingerprint density at radius 3 is 2.96 bits per heavy atom. The minimum absolute atomic E-state index is 0.0431. The molecule has 0 bridgehead atoms. The van der Waals surface area contributed by atoms with E-state index >= 15 is 0 Å². The van der Waals surface area contributed by atoms with Gasteiger partial charge in [0, 0.05) is 37.2 Å². The van der Waals surface area contributed by atoms with Crippen molar-refractivity contribution in [1.29, 1.82) is 0 Å². The van der Waals surface area contributed by atoms with Crippen molar-refractivity contribution < 1.29 is 9.21 Å². The van der Waals surface area contributed by atoms with Gasteiger partial charge in [0.2, 0.25) is 5.91 Å². The van der Waals surface area contributed by atoms with Gasteiger partial charge in [0.25, 0.3) is 5.56 Å². The van der Waals surface area contributed by atoms with Crippen molar-refractivity contribution in [3.8, 4) is 0 Å². The molecule has 0 aliphatic carbocycles. The molecule has 0 unspecified atom stereocenters. The minimum atomic E-state index is -0.0904. The number of amides is 1. The summed E-state index contributed by atoms with van der Waals surface area (Å²) in [4.78, 5) is 31.0. The number of furan rings is 1. The van der Waals surface area contributed by atoms with Gasteiger partial charge in [-0.05, 0) is 12.5 Å². The fourth-order valence-corrected chi connectivity index (χ4v) is 2.95. The van der Waals surface area contributed by atoms with Crippen LogP contribution in [0, 0.1) is 5.92 Å². The third-order valence-electron chi connectivity index (χ3n) is 4.32. The maximum atomic E-state index is 12.4. The quantitative estimate of drug-likeness (QED) is 0.889. The van der Waals surface area contributed by atoms with E-state index in [0.29, 0.717) is 18.8 Å². The summed E-state index contributed by atoms with van der Waals surface area (Å²) in [7, 11) is 0. The molecule has 0 radical (unpaired) electrons. The number of carbonyl (C=O) groups excluding carboxylic acids is 1. The standard InChI is InChI=1S/C18H24N4O3/c1-13(2)18(24)19-9-15-8-17(23)22-6-3-5-21(11-16(22)20-15)10-14-4-7-25-12-14/h4,7-8,12-13H,3,5-6,9-11H2,1-2H3,(H,19,24). The summed E-state index contributed by atoms with van der Waals surface area (Å²) >= 11 is 0. The van der Waals surface area contributed by atoms with Crippen molar-refractivity contribution in [3.05, 3.63) is 52.1 Å². The zero-order valence-electron chi connectivity index (χ0n) is 14.7. The van der Waals surface area contributed by atoms with Crippen LogP contribution in [0.15, 0.2) is 33.9 Å². The Kier molecular flexibility index (Phi) is 5.33. The summed E-state index contributed by atoms with van der Waals surface area (Å²) in [6.07, 6.45) is 4.30. The van der Waals surface area contributed by atoms with E-state index in [1.807, 2.05) is 19.9 Å². The molecule has 3 rings (SSSR count). The van der Waals surface area contributed by atoms with Crippen LogP contribution in [0.3, 0.4) is 0 Å². The second kappa shape index (κ2) is 7.65. The predicted molar refractivity (Wildman–Crippen MR) is 92.6 cm³/mol. The highest BCUT2D eigenvalue weighted by Crippen LogP contribution is 2.13. The first kappa shape index (κ1) is 17.4. The van der Waals surface area contributed by atoms with Gasteiger partial charge in [0.15, 0.2) is 0 Å². The topological polar surface area (TPSA) is 80.4 Å². The van der Waals surface area contributed by atoms with Crippen LogP contribution < -0.4 is 10.9 Å². The predicted octanol–water partition coefficient (Wildman–Crippen LogP) is 1.51. The Labute approximate surface area is 146 Å². The fourth-order valence-electron chi connectivity index (χ4n) is 2.95. The number of hydrogen-bond acceptors (Lipinski definition) is 5. The monoisotopic (exact) mass is 344 g/mol. The first-order chi connectivity index (χ1) is 12.0. The van der Waals surface area contributed by atoms with E-state index in [4.69, 9.17) is 4.42 Å². The van der Waals surface area contributed by atoms with Crippen LogP contribution in [0.1, 0.15) is 37.4 Å². The SMILES string of the molecule is CC(C)C(=O)NCc1cc(=O)n2c(n1)CN(Cc1ccoc1)CCC2. The van der Waals surface area contributed by atoms with Crippen molar-refractivity contribution in [1.82, 2.24) is 19.8 Å².